The molecule has 16 aromatic rings. The van der Waals surface area contributed by atoms with Crippen LogP contribution in [0.3, 0.4) is 0 Å². The molecule has 0 unspecified atom stereocenters. The number of carboxylic acids is 1. The number of amides is 2. The molecular formula is C96H84ClF9N10O12. The zero-order valence-electron chi connectivity index (χ0n) is 69.4. The van der Waals surface area contributed by atoms with Crippen LogP contribution in [0.25, 0.3) is 76.8 Å². The van der Waals surface area contributed by atoms with E-state index in [1.165, 1.54) is 97.1 Å². The summed E-state index contributed by atoms with van der Waals surface area (Å²) in [5.74, 6) is -10.8. The molecule has 2 amide bonds. The number of benzene rings is 9. The topological polar surface area (TPSA) is 390 Å². The Labute approximate surface area is 730 Å². The van der Waals surface area contributed by atoms with Crippen LogP contribution >= 0.6 is 12.4 Å². The van der Waals surface area contributed by atoms with Crippen LogP contribution in [-0.4, -0.2) is 107 Å². The third-order valence-electron chi connectivity index (χ3n) is 20.3. The van der Waals surface area contributed by atoms with Crippen molar-refractivity contribution < 1.29 is 97.9 Å². The molecule has 7 heterocycles. The Balaban J connectivity index is 0.000000183. The normalized spacial score (nSPS) is 11.2. The molecule has 0 aliphatic rings. The number of rotatable bonds is 20. The van der Waals surface area contributed by atoms with Crippen LogP contribution in [0.5, 0.6) is 0 Å². The average Bonchev–Trinajstić information content (AvgIpc) is 1.59. The molecule has 0 aliphatic heterocycles. The molecule has 2 atom stereocenters. The number of hydrogen-bond donors (Lipinski definition) is 9. The number of primary amides is 2. The number of ketones is 3. The second-order valence-electron chi connectivity index (χ2n) is 29.3. The van der Waals surface area contributed by atoms with Crippen molar-refractivity contribution in [2.75, 3.05) is 14.2 Å². The van der Waals surface area contributed by atoms with Gasteiger partial charge in [0.25, 0.3) is 11.6 Å². The van der Waals surface area contributed by atoms with Crippen molar-refractivity contribution in [2.45, 2.75) is 78.7 Å². The number of nitrogens with two attached hydrogens (primary N) is 3. The number of aromatic nitrogens is 7. The first-order valence-corrected chi connectivity index (χ1v) is 38.7. The molecule has 0 fully saturated rings. The molecule has 22 nitrogen and oxygen atoms in total. The Hall–Kier alpha value is -15.1. The van der Waals surface area contributed by atoms with Gasteiger partial charge in [0.2, 0.25) is 11.8 Å². The minimum Gasteiger partial charge on any atom is -0.481 e. The molecule has 14 N–H and O–H groups in total. The lowest BCUT2D eigenvalue weighted by Crippen LogP contribution is -2.16. The number of methoxy groups -OCH3 is 2. The van der Waals surface area contributed by atoms with Gasteiger partial charge in [-0.3, -0.25) is 38.7 Å². The smallest absolute Gasteiger partial charge is 0.379 e. The van der Waals surface area contributed by atoms with Crippen LogP contribution in [0, 0.1) is 87.0 Å². The molecule has 660 valence electrons. The van der Waals surface area contributed by atoms with Crippen molar-refractivity contribution in [3.05, 3.63) is 355 Å². The number of carboxylic acid groups (broad SMARTS) is 1. The van der Waals surface area contributed by atoms with Crippen molar-refractivity contribution >= 4 is 114 Å². The van der Waals surface area contributed by atoms with E-state index in [1.807, 2.05) is 38.1 Å². The number of fused-ring (bicyclic) bond motifs is 5. The highest BCUT2D eigenvalue weighted by Crippen LogP contribution is 2.36. The summed E-state index contributed by atoms with van der Waals surface area (Å²) in [6.45, 7) is 8.87. The third-order valence-corrected chi connectivity index (χ3v) is 20.3. The highest BCUT2D eigenvalue weighted by Gasteiger charge is 2.28. The standard InChI is InChI=1S/C32H26F3N3O2.C20H17F2N3O.2C12H10FNO3.C11H10FNO2.C9H8FN.ClH.H2O/c1-18-28(29-16-23(33)7-8-30(29)38-18)17-26(39)14-22(10-19-11-24(34)15-25(35)12-19)31-27(6-3-9-37-31)20-4-2-5-21(13-20)32(36)40;21-15-7-12(8-16(22)11-15)9-18(23)19-17(5-2-6-25-19)13-3-1-4-14(10-13)20(24)26;2*1-6-10(11(15)12(16)17-2)8-5-7(13)3-4-9(8)14-6;1-6-8(5-11(14)15)9-4-7(12)2-3-10(9)13-6;1-6-4-7-5-8(10)2-3-9(7)11-6;;/h2-9,11-13,15-16,22,38H,10,14,17H2,1H3,(H2,36,40);1-8,10-11,18H,9,23H2,(H2,24,26);2*3-5,14H,1-2H3;2-4,13H,5H2,1H3,(H,14,15);2-5,11H,1H3;1H;1H2/t22-;18-;;;;;;/m10....../s1. The van der Waals surface area contributed by atoms with Gasteiger partial charge < -0.3 is 62.2 Å². The molecular weight excluding hydrogens is 1690 g/mol. The van der Waals surface area contributed by atoms with E-state index in [0.29, 0.717) is 99.9 Å². The second-order valence-corrected chi connectivity index (χ2v) is 29.3. The van der Waals surface area contributed by atoms with E-state index in [9.17, 15) is 77.9 Å². The number of Topliss-reactive ketones (excluding diaryl/α,β-unsaturated/α-hetero) is 3. The van der Waals surface area contributed by atoms with Crippen molar-refractivity contribution in [1.29, 1.82) is 0 Å². The van der Waals surface area contributed by atoms with Crippen molar-refractivity contribution in [3.8, 4) is 22.3 Å². The summed E-state index contributed by atoms with van der Waals surface area (Å²) in [5, 5.41) is 11.7. The summed E-state index contributed by atoms with van der Waals surface area (Å²) in [6, 6.07) is 50.1. The number of halogens is 10. The van der Waals surface area contributed by atoms with Crippen LogP contribution in [0.2, 0.25) is 0 Å². The fourth-order valence-corrected chi connectivity index (χ4v) is 14.7. The largest absolute Gasteiger partial charge is 0.481 e. The van der Waals surface area contributed by atoms with Gasteiger partial charge in [-0.1, -0.05) is 36.4 Å². The van der Waals surface area contributed by atoms with Crippen LogP contribution < -0.4 is 17.2 Å². The van der Waals surface area contributed by atoms with Gasteiger partial charge >= 0.3 is 17.9 Å². The number of aryl methyl sites for hydroxylation is 5. The Morgan fingerprint density at radius 2 is 0.781 bits per heavy atom. The number of nitrogens with zero attached hydrogens (tertiary/aromatic N) is 2. The molecule has 0 saturated heterocycles. The Kier molecular flexibility index (Phi) is 32.5. The first kappa shape index (κ1) is 96.7. The Bertz CT molecular complexity index is 6710. The number of nitrogens with one attached hydrogen (secondary N) is 5. The van der Waals surface area contributed by atoms with Gasteiger partial charge in [0.15, 0.2) is 0 Å². The van der Waals surface area contributed by atoms with E-state index in [0.717, 1.165) is 76.5 Å². The minimum absolute atomic E-state index is 0. The number of hydrogen-bond acceptors (Lipinski definition) is 13. The van der Waals surface area contributed by atoms with E-state index in [4.69, 9.17) is 22.3 Å². The average molecular weight is 1780 g/mol. The summed E-state index contributed by atoms with van der Waals surface area (Å²) < 4.78 is 130. The molecule has 0 saturated carbocycles. The van der Waals surface area contributed by atoms with Crippen LogP contribution in [0.4, 0.5) is 39.5 Å². The van der Waals surface area contributed by atoms with Gasteiger partial charge in [-0.2, -0.15) is 0 Å². The van der Waals surface area contributed by atoms with E-state index in [2.05, 4.69) is 44.4 Å². The highest BCUT2D eigenvalue weighted by molar-refractivity contribution is 6.44. The lowest BCUT2D eigenvalue weighted by atomic mass is 9.85. The zero-order chi connectivity index (χ0) is 91.1. The number of aliphatic carboxylic acids is 1. The van der Waals surface area contributed by atoms with Gasteiger partial charge in [-0.05, 0) is 239 Å². The summed E-state index contributed by atoms with van der Waals surface area (Å²) in [5.41, 5.74) is 31.5. The maximum Gasteiger partial charge on any atom is 0.379 e. The number of ether oxygens (including phenoxy) is 2. The second kappa shape index (κ2) is 43.0. The quantitative estimate of drug-likeness (QED) is 0.0148. The maximum atomic E-state index is 14.1. The summed E-state index contributed by atoms with van der Waals surface area (Å²) in [4.78, 5) is 117. The molecule has 128 heavy (non-hydrogen) atoms. The van der Waals surface area contributed by atoms with Gasteiger partial charge in [0.05, 0.1) is 49.2 Å². The van der Waals surface area contributed by atoms with E-state index in [-0.39, 0.29) is 78.5 Å². The molecule has 0 spiro atoms. The fourth-order valence-electron chi connectivity index (χ4n) is 14.7. The van der Waals surface area contributed by atoms with Gasteiger partial charge in [-0.25, -0.2) is 49.1 Å². The van der Waals surface area contributed by atoms with Crippen molar-refractivity contribution in [2.24, 2.45) is 17.2 Å². The predicted octanol–water partition coefficient (Wildman–Crippen LogP) is 18.3. The molecule has 9 aromatic carbocycles. The van der Waals surface area contributed by atoms with Crippen LogP contribution in [0.15, 0.2) is 219 Å². The number of esters is 2. The van der Waals surface area contributed by atoms with E-state index in [1.54, 1.807) is 106 Å². The highest BCUT2D eigenvalue weighted by atomic mass is 35.5. The molecule has 32 heteroatoms. The predicted molar refractivity (Wildman–Crippen MR) is 469 cm³/mol. The summed E-state index contributed by atoms with van der Waals surface area (Å²) >= 11 is 0. The first-order valence-electron chi connectivity index (χ1n) is 38.7. The maximum absolute atomic E-state index is 14.1. The van der Waals surface area contributed by atoms with E-state index < -0.39 is 94.0 Å². The van der Waals surface area contributed by atoms with Gasteiger partial charge in [0.1, 0.15) is 58.1 Å². The third kappa shape index (κ3) is 24.1. The molecule has 16 rings (SSSR count). The molecule has 0 aliphatic carbocycles. The number of H-pyrrole nitrogens is 5. The Morgan fingerprint density at radius 1 is 0.406 bits per heavy atom. The van der Waals surface area contributed by atoms with Gasteiger partial charge in [0, 0.05) is 149 Å². The fraction of sp³-hybridized carbons (Fsp3) is 0.146. The summed E-state index contributed by atoms with van der Waals surface area (Å²) in [6.07, 6.45) is 3.52. The SMILES string of the molecule is COC(=O)C(=O)c1c(C)[nH]c2ccc(F)cc12.COC(=O)C(=O)c1c(C)[nH]c2ccc(F)cc12.Cc1[nH]c2ccc(F)cc2c1CC(=O)C[C@@H](Cc1cc(F)cc(F)c1)c1ncccc1-c1cccc(C(N)=O)c1.Cc1[nH]c2ccc(F)cc2c1CC(=O)O.Cc1cc2cc(F)ccc2[nH]1.Cl.NC(=O)c1cccc(-c2cccnc2[C@@H](N)Cc2cc(F)cc(F)c2)c1.O. The van der Waals surface area contributed by atoms with Crippen LogP contribution in [0.1, 0.15) is 122 Å². The Morgan fingerprint density at radius 3 is 1.20 bits per heavy atom. The molecule has 0 bridgehead atoms. The zero-order valence-corrected chi connectivity index (χ0v) is 70.3. The molecule has 0 radical (unpaired) electrons. The number of pyridine rings is 2. The molecule has 7 aromatic heterocycles. The summed E-state index contributed by atoms with van der Waals surface area (Å²) in [7, 11) is 2.26. The number of aromatic amines is 5. The lowest BCUT2D eigenvalue weighted by Gasteiger charge is -2.20. The first-order chi connectivity index (χ1) is 60.0. The van der Waals surface area contributed by atoms with Crippen molar-refractivity contribution in [3.63, 3.8) is 0 Å². The monoisotopic (exact) mass is 1770 g/mol. The lowest BCUT2D eigenvalue weighted by molar-refractivity contribution is -0.136. The minimum atomic E-state index is -0.960. The number of carbonyl (C=O) groups is 8. The van der Waals surface area contributed by atoms with Crippen LogP contribution in [-0.2, 0) is 54.3 Å². The number of carbonyl (C=O) groups excluding carboxylic acids is 7. The van der Waals surface area contributed by atoms with Crippen molar-refractivity contribution in [1.82, 2.24) is 34.9 Å². The van der Waals surface area contributed by atoms with Gasteiger partial charge in [-0.15, -0.1) is 12.4 Å². The van der Waals surface area contributed by atoms with E-state index >= 15 is 0 Å².